The van der Waals surface area contributed by atoms with Crippen LogP contribution in [0.3, 0.4) is 0 Å². The molecule has 2 rings (SSSR count). The highest BCUT2D eigenvalue weighted by Gasteiger charge is 2.32. The summed E-state index contributed by atoms with van der Waals surface area (Å²) in [5, 5.41) is 3.40. The summed E-state index contributed by atoms with van der Waals surface area (Å²) in [4.78, 5) is 14.0. The number of rotatable bonds is 4. The molecule has 1 amide bonds. The number of carbonyl (C=O) groups excluding carboxylic acids is 1. The van der Waals surface area contributed by atoms with Crippen LogP contribution in [0.25, 0.3) is 0 Å². The van der Waals surface area contributed by atoms with Crippen molar-refractivity contribution in [2.24, 2.45) is 0 Å². The van der Waals surface area contributed by atoms with E-state index >= 15 is 0 Å². The van der Waals surface area contributed by atoms with E-state index in [4.69, 9.17) is 0 Å². The second-order valence-electron chi connectivity index (χ2n) is 5.33. The molecule has 0 aromatic rings. The maximum atomic E-state index is 12.3. The van der Waals surface area contributed by atoms with Crippen LogP contribution in [0, 0.1) is 0 Å². The first-order chi connectivity index (χ1) is 8.72. The lowest BCUT2D eigenvalue weighted by atomic mass is 10.1. The van der Waals surface area contributed by atoms with Gasteiger partial charge in [-0.1, -0.05) is 6.42 Å². The van der Waals surface area contributed by atoms with Gasteiger partial charge >= 0.3 is 0 Å². The summed E-state index contributed by atoms with van der Waals surface area (Å²) in [5.41, 5.74) is 0. The van der Waals surface area contributed by atoms with Gasteiger partial charge in [0.1, 0.15) is 5.75 Å². The largest absolute Gasteiger partial charge is 0.342 e. The van der Waals surface area contributed by atoms with Crippen molar-refractivity contribution >= 4 is 16.7 Å². The molecule has 1 aliphatic carbocycles. The van der Waals surface area contributed by atoms with Crippen molar-refractivity contribution in [3.63, 3.8) is 0 Å². The third-order valence-electron chi connectivity index (χ3n) is 4.14. The van der Waals surface area contributed by atoms with E-state index in [0.29, 0.717) is 6.04 Å². The van der Waals surface area contributed by atoms with E-state index in [-0.39, 0.29) is 16.9 Å². The number of piperidine rings is 1. The van der Waals surface area contributed by atoms with Crippen LogP contribution in [-0.4, -0.2) is 52.2 Å². The van der Waals surface area contributed by atoms with E-state index in [2.05, 4.69) is 5.32 Å². The monoisotopic (exact) mass is 272 g/mol. The molecule has 2 fully saturated rings. The van der Waals surface area contributed by atoms with Crippen LogP contribution < -0.4 is 5.32 Å². The number of likely N-dealkylation sites (tertiary alicyclic amines) is 1. The molecule has 0 bridgehead atoms. The molecule has 3 unspecified atom stereocenters. The van der Waals surface area contributed by atoms with E-state index in [9.17, 15) is 9.00 Å². The smallest absolute Gasteiger partial charge is 0.235 e. The number of hydrogen-bond donors (Lipinski definition) is 1. The quantitative estimate of drug-likeness (QED) is 0.827. The van der Waals surface area contributed by atoms with Gasteiger partial charge in [-0.2, -0.15) is 0 Å². The summed E-state index contributed by atoms with van der Waals surface area (Å²) in [7, 11) is 0.912. The van der Waals surface area contributed by atoms with Crippen LogP contribution in [0.15, 0.2) is 0 Å². The van der Waals surface area contributed by atoms with Gasteiger partial charge in [0.05, 0.1) is 5.25 Å². The first kappa shape index (κ1) is 14.0. The van der Waals surface area contributed by atoms with Gasteiger partial charge < -0.3 is 10.2 Å². The Hall–Kier alpha value is -0.420. The van der Waals surface area contributed by atoms with Gasteiger partial charge in [0.25, 0.3) is 0 Å². The van der Waals surface area contributed by atoms with Crippen molar-refractivity contribution in [2.45, 2.75) is 49.8 Å². The number of nitrogens with one attached hydrogen (secondary N) is 1. The molecule has 104 valence electrons. The van der Waals surface area contributed by atoms with Crippen LogP contribution in [0.4, 0.5) is 0 Å². The summed E-state index contributed by atoms with van der Waals surface area (Å²) >= 11 is 0. The minimum atomic E-state index is -1.01. The Balaban J connectivity index is 1.84. The molecule has 0 spiro atoms. The van der Waals surface area contributed by atoms with Crippen LogP contribution in [0.5, 0.6) is 0 Å². The van der Waals surface area contributed by atoms with Crippen molar-refractivity contribution in [1.29, 1.82) is 0 Å². The Morgan fingerprint density at radius 1 is 1.22 bits per heavy atom. The second kappa shape index (κ2) is 6.66. The van der Waals surface area contributed by atoms with Crippen LogP contribution >= 0.6 is 0 Å². The summed E-state index contributed by atoms with van der Waals surface area (Å²) in [6.07, 6.45) is 6.62. The van der Waals surface area contributed by atoms with Gasteiger partial charge in [-0.25, -0.2) is 0 Å². The summed E-state index contributed by atoms with van der Waals surface area (Å²) in [6.45, 7) is 1.71. The van der Waals surface area contributed by atoms with Gasteiger partial charge in [0, 0.05) is 29.9 Å². The summed E-state index contributed by atoms with van der Waals surface area (Å²) in [6, 6.07) is 0.333. The molecule has 3 atom stereocenters. The Bertz CT molecular complexity index is 316. The van der Waals surface area contributed by atoms with Crippen LogP contribution in [0.2, 0.25) is 0 Å². The number of carbonyl (C=O) groups is 1. The van der Waals surface area contributed by atoms with Gasteiger partial charge in [-0.3, -0.25) is 9.00 Å². The van der Waals surface area contributed by atoms with Gasteiger partial charge in [-0.15, -0.1) is 0 Å². The van der Waals surface area contributed by atoms with Gasteiger partial charge in [-0.05, 0) is 39.2 Å². The van der Waals surface area contributed by atoms with Crippen molar-refractivity contribution in [3.8, 4) is 0 Å². The number of amides is 1. The molecule has 0 aromatic heterocycles. The molecule has 1 N–H and O–H groups in total. The first-order valence-electron chi connectivity index (χ1n) is 7.04. The normalized spacial score (nSPS) is 30.4. The zero-order valence-corrected chi connectivity index (χ0v) is 12.0. The Morgan fingerprint density at radius 2 is 1.94 bits per heavy atom. The molecule has 2 aliphatic rings. The standard InChI is InChI=1S/C13H24N2O2S/c1-14-11-6-5-7-12(11)18(17)10-13(16)15-8-3-2-4-9-15/h11-12,14H,2-10H2,1H3. The van der Waals surface area contributed by atoms with E-state index in [1.165, 1.54) is 6.42 Å². The Labute approximate surface area is 112 Å². The van der Waals surface area contributed by atoms with E-state index < -0.39 is 10.8 Å². The van der Waals surface area contributed by atoms with Gasteiger partial charge in [0.15, 0.2) is 0 Å². The molecular weight excluding hydrogens is 248 g/mol. The predicted molar refractivity (Wildman–Crippen MR) is 73.9 cm³/mol. The fourth-order valence-corrected chi connectivity index (χ4v) is 4.74. The summed E-state index contributed by atoms with van der Waals surface area (Å²) in [5.74, 6) is 0.317. The van der Waals surface area contributed by atoms with E-state index in [1.807, 2.05) is 11.9 Å². The highest BCUT2D eigenvalue weighted by molar-refractivity contribution is 7.86. The maximum absolute atomic E-state index is 12.3. The Kier molecular flexibility index (Phi) is 5.18. The zero-order chi connectivity index (χ0) is 13.0. The third kappa shape index (κ3) is 3.32. The molecule has 1 heterocycles. The van der Waals surface area contributed by atoms with E-state index in [1.54, 1.807) is 0 Å². The van der Waals surface area contributed by atoms with Crippen molar-refractivity contribution in [2.75, 3.05) is 25.9 Å². The SMILES string of the molecule is CNC1CCCC1S(=O)CC(=O)N1CCCCC1. The lowest BCUT2D eigenvalue weighted by Crippen LogP contribution is -2.42. The minimum absolute atomic E-state index is 0.0924. The van der Waals surface area contributed by atoms with Gasteiger partial charge in [0.2, 0.25) is 5.91 Å². The average molecular weight is 272 g/mol. The van der Waals surface area contributed by atoms with Crippen LogP contribution in [0.1, 0.15) is 38.5 Å². The lowest BCUT2D eigenvalue weighted by molar-refractivity contribution is -0.129. The van der Waals surface area contributed by atoms with Crippen LogP contribution in [-0.2, 0) is 15.6 Å². The molecule has 1 saturated heterocycles. The predicted octanol–water partition coefficient (Wildman–Crippen LogP) is 0.888. The van der Waals surface area contributed by atoms with Crippen molar-refractivity contribution in [3.05, 3.63) is 0 Å². The molecule has 1 aliphatic heterocycles. The molecule has 18 heavy (non-hydrogen) atoms. The first-order valence-corrected chi connectivity index (χ1v) is 8.43. The molecule has 5 heteroatoms. The molecule has 0 radical (unpaired) electrons. The Morgan fingerprint density at radius 3 is 2.61 bits per heavy atom. The summed E-state index contributed by atoms with van der Waals surface area (Å²) < 4.78 is 12.3. The minimum Gasteiger partial charge on any atom is -0.342 e. The zero-order valence-electron chi connectivity index (χ0n) is 11.2. The topological polar surface area (TPSA) is 49.4 Å². The van der Waals surface area contributed by atoms with Crippen molar-refractivity contribution < 1.29 is 9.00 Å². The highest BCUT2D eigenvalue weighted by Crippen LogP contribution is 2.24. The van der Waals surface area contributed by atoms with Crippen molar-refractivity contribution in [1.82, 2.24) is 10.2 Å². The molecule has 1 saturated carbocycles. The molecule has 0 aromatic carbocycles. The molecular formula is C13H24N2O2S. The fraction of sp³-hybridized carbons (Fsp3) is 0.923. The fourth-order valence-electron chi connectivity index (χ4n) is 3.03. The molecule has 4 nitrogen and oxygen atoms in total. The highest BCUT2D eigenvalue weighted by atomic mass is 32.2. The lowest BCUT2D eigenvalue weighted by Gasteiger charge is -2.27. The average Bonchev–Trinajstić information content (AvgIpc) is 2.88. The maximum Gasteiger partial charge on any atom is 0.235 e. The van der Waals surface area contributed by atoms with E-state index in [0.717, 1.165) is 45.2 Å². The second-order valence-corrected chi connectivity index (χ2v) is 6.99. The third-order valence-corrected chi connectivity index (χ3v) is 5.91. The number of hydrogen-bond acceptors (Lipinski definition) is 3. The number of nitrogens with zero attached hydrogens (tertiary/aromatic N) is 1.